The fraction of sp³-hybridized carbons (Fsp3) is 0.500. The van der Waals surface area contributed by atoms with E-state index in [-0.39, 0.29) is 17.9 Å². The molecule has 0 atom stereocenters. The van der Waals surface area contributed by atoms with E-state index < -0.39 is 5.41 Å². The third-order valence-electron chi connectivity index (χ3n) is 6.29. The summed E-state index contributed by atoms with van der Waals surface area (Å²) in [5.74, 6) is 0.965. The largest absolute Gasteiger partial charge is 0.495 e. The van der Waals surface area contributed by atoms with E-state index in [9.17, 15) is 9.59 Å². The first-order chi connectivity index (χ1) is 15.7. The Morgan fingerprint density at radius 1 is 1.00 bits per heavy atom. The number of nitrogens with zero attached hydrogens (tertiary/aromatic N) is 3. The van der Waals surface area contributed by atoms with Crippen LogP contribution in [-0.4, -0.2) is 40.2 Å². The van der Waals surface area contributed by atoms with E-state index in [0.717, 1.165) is 23.4 Å². The standard InChI is InChI=1S/C26H34ClN3O3/c1-6-26(7-2)23(31)29(8-3)25(28-21-13-15-22(16-14-21)33-18(4)5)30(24(26)32)17-19-9-11-20(27)12-10-19/h9-13,15,18H,6-8,14,16-17H2,1-5H3/b28-25+. The number of guanidine groups is 1. The van der Waals surface area contributed by atoms with Crippen molar-refractivity contribution in [3.8, 4) is 0 Å². The summed E-state index contributed by atoms with van der Waals surface area (Å²) < 4.78 is 5.80. The topological polar surface area (TPSA) is 62.2 Å². The summed E-state index contributed by atoms with van der Waals surface area (Å²) in [4.78, 5) is 35.5. The zero-order chi connectivity index (χ0) is 24.2. The number of halogens is 1. The molecule has 2 amide bonds. The van der Waals surface area contributed by atoms with Gasteiger partial charge in [-0.05, 0) is 69.9 Å². The number of hydrogen-bond acceptors (Lipinski definition) is 4. The molecule has 1 aromatic rings. The van der Waals surface area contributed by atoms with Crippen molar-refractivity contribution in [1.82, 2.24) is 9.80 Å². The van der Waals surface area contributed by atoms with E-state index in [4.69, 9.17) is 21.3 Å². The zero-order valence-electron chi connectivity index (χ0n) is 20.2. The maximum Gasteiger partial charge on any atom is 0.245 e. The van der Waals surface area contributed by atoms with Gasteiger partial charge < -0.3 is 4.74 Å². The number of amides is 2. The minimum atomic E-state index is -1.07. The fourth-order valence-electron chi connectivity index (χ4n) is 4.34. The summed E-state index contributed by atoms with van der Waals surface area (Å²) in [7, 11) is 0. The molecule has 1 saturated heterocycles. The van der Waals surface area contributed by atoms with Crippen LogP contribution in [0.3, 0.4) is 0 Å². The van der Waals surface area contributed by atoms with Crippen molar-refractivity contribution in [3.63, 3.8) is 0 Å². The number of benzene rings is 1. The van der Waals surface area contributed by atoms with Gasteiger partial charge in [0.1, 0.15) is 5.41 Å². The lowest BCUT2D eigenvalue weighted by atomic mass is 9.77. The Labute approximate surface area is 201 Å². The van der Waals surface area contributed by atoms with Gasteiger partial charge in [-0.1, -0.05) is 37.6 Å². The van der Waals surface area contributed by atoms with Crippen LogP contribution in [0.15, 0.2) is 52.9 Å². The van der Waals surface area contributed by atoms with Crippen molar-refractivity contribution in [1.29, 1.82) is 0 Å². The van der Waals surface area contributed by atoms with Crippen LogP contribution < -0.4 is 0 Å². The molecule has 1 heterocycles. The lowest BCUT2D eigenvalue weighted by Crippen LogP contribution is -2.65. The molecule has 0 radical (unpaired) electrons. The van der Waals surface area contributed by atoms with Crippen molar-refractivity contribution < 1.29 is 14.3 Å². The molecule has 0 N–H and O–H groups in total. The second kappa shape index (κ2) is 10.6. The number of allylic oxidation sites excluding steroid dienone is 4. The Kier molecular flexibility index (Phi) is 8.01. The highest BCUT2D eigenvalue weighted by molar-refractivity contribution is 6.30. The lowest BCUT2D eigenvalue weighted by molar-refractivity contribution is -0.157. The van der Waals surface area contributed by atoms with Gasteiger partial charge in [-0.15, -0.1) is 0 Å². The van der Waals surface area contributed by atoms with Gasteiger partial charge in [0, 0.05) is 23.7 Å². The highest BCUT2D eigenvalue weighted by Crippen LogP contribution is 2.37. The summed E-state index contributed by atoms with van der Waals surface area (Å²) in [5, 5.41) is 0.637. The van der Waals surface area contributed by atoms with Crippen LogP contribution in [0.2, 0.25) is 5.02 Å². The van der Waals surface area contributed by atoms with E-state index in [1.54, 1.807) is 9.80 Å². The molecule has 7 heteroatoms. The van der Waals surface area contributed by atoms with Crippen molar-refractivity contribution >= 4 is 29.4 Å². The number of hydrogen-bond donors (Lipinski definition) is 0. The minimum Gasteiger partial charge on any atom is -0.495 e. The van der Waals surface area contributed by atoms with Gasteiger partial charge in [0.15, 0.2) is 0 Å². The highest BCUT2D eigenvalue weighted by atomic mass is 35.5. The predicted octanol–water partition coefficient (Wildman–Crippen LogP) is 5.68. The van der Waals surface area contributed by atoms with Gasteiger partial charge in [0.25, 0.3) is 0 Å². The maximum atomic E-state index is 13.8. The summed E-state index contributed by atoms with van der Waals surface area (Å²) in [6, 6.07) is 7.42. The predicted molar refractivity (Wildman–Crippen MR) is 131 cm³/mol. The van der Waals surface area contributed by atoms with Crippen molar-refractivity contribution in [3.05, 3.63) is 58.5 Å². The normalized spacial score (nSPS) is 19.8. The molecule has 33 heavy (non-hydrogen) atoms. The molecule has 0 aromatic heterocycles. The lowest BCUT2D eigenvalue weighted by Gasteiger charge is -2.45. The van der Waals surface area contributed by atoms with E-state index in [1.807, 2.05) is 71.0 Å². The van der Waals surface area contributed by atoms with Gasteiger partial charge in [-0.2, -0.15) is 0 Å². The Morgan fingerprint density at radius 2 is 1.64 bits per heavy atom. The van der Waals surface area contributed by atoms with Crippen LogP contribution >= 0.6 is 11.6 Å². The van der Waals surface area contributed by atoms with Crippen LogP contribution in [0.25, 0.3) is 0 Å². The number of carbonyl (C=O) groups is 2. The SMILES string of the molecule is CCN1C(=O)C(CC)(CC)C(=O)N(Cc2ccc(Cl)cc2)/C1=N/C1=CC=C(OC(C)C)CC1. The first-order valence-electron chi connectivity index (χ1n) is 11.8. The molecule has 6 nitrogen and oxygen atoms in total. The van der Waals surface area contributed by atoms with Crippen LogP contribution in [-0.2, 0) is 20.9 Å². The Balaban J connectivity index is 2.05. The molecule has 0 bridgehead atoms. The third kappa shape index (κ3) is 5.16. The molecular formula is C26H34ClN3O3. The molecule has 3 rings (SSSR count). The van der Waals surface area contributed by atoms with Gasteiger partial charge in [-0.3, -0.25) is 19.4 Å². The highest BCUT2D eigenvalue weighted by Gasteiger charge is 2.53. The Morgan fingerprint density at radius 3 is 2.15 bits per heavy atom. The van der Waals surface area contributed by atoms with Crippen LogP contribution in [0, 0.1) is 5.41 Å². The van der Waals surface area contributed by atoms with Crippen LogP contribution in [0.1, 0.15) is 65.9 Å². The molecule has 2 aliphatic rings. The minimum absolute atomic E-state index is 0.118. The van der Waals surface area contributed by atoms with Crippen molar-refractivity contribution in [2.75, 3.05) is 6.54 Å². The molecular weight excluding hydrogens is 438 g/mol. The van der Waals surface area contributed by atoms with Crippen molar-refractivity contribution in [2.24, 2.45) is 10.4 Å². The molecule has 1 fully saturated rings. The number of rotatable bonds is 8. The molecule has 0 saturated carbocycles. The molecule has 0 unspecified atom stereocenters. The van der Waals surface area contributed by atoms with E-state index in [1.165, 1.54) is 0 Å². The molecule has 1 aliphatic carbocycles. The monoisotopic (exact) mass is 471 g/mol. The fourth-order valence-corrected chi connectivity index (χ4v) is 4.47. The second-order valence-corrected chi connectivity index (χ2v) is 9.16. The summed E-state index contributed by atoms with van der Waals surface area (Å²) >= 11 is 6.06. The summed E-state index contributed by atoms with van der Waals surface area (Å²) in [6.45, 7) is 10.5. The summed E-state index contributed by atoms with van der Waals surface area (Å²) in [6.07, 6.45) is 6.28. The van der Waals surface area contributed by atoms with E-state index in [2.05, 4.69) is 0 Å². The van der Waals surface area contributed by atoms with Gasteiger partial charge in [0.05, 0.1) is 18.4 Å². The average Bonchev–Trinajstić information content (AvgIpc) is 2.80. The summed E-state index contributed by atoms with van der Waals surface area (Å²) in [5.41, 5.74) is 0.680. The Bertz CT molecular complexity index is 975. The quantitative estimate of drug-likeness (QED) is 0.458. The second-order valence-electron chi connectivity index (χ2n) is 8.73. The number of ether oxygens (including phenoxy) is 1. The van der Waals surface area contributed by atoms with Crippen LogP contribution in [0.5, 0.6) is 0 Å². The molecule has 178 valence electrons. The van der Waals surface area contributed by atoms with Crippen molar-refractivity contribution in [2.45, 2.75) is 73.0 Å². The molecule has 1 aliphatic heterocycles. The van der Waals surface area contributed by atoms with Gasteiger partial charge in [-0.25, -0.2) is 4.99 Å². The first kappa shape index (κ1) is 25.0. The Hall–Kier alpha value is -2.60. The third-order valence-corrected chi connectivity index (χ3v) is 6.54. The van der Waals surface area contributed by atoms with Gasteiger partial charge in [0.2, 0.25) is 17.8 Å². The maximum absolute atomic E-state index is 13.8. The smallest absolute Gasteiger partial charge is 0.245 e. The van der Waals surface area contributed by atoms with E-state index in [0.29, 0.717) is 43.3 Å². The number of aliphatic imine (C=N–C) groups is 1. The van der Waals surface area contributed by atoms with Gasteiger partial charge >= 0.3 is 0 Å². The first-order valence-corrected chi connectivity index (χ1v) is 12.2. The average molecular weight is 472 g/mol. The molecule has 1 aromatic carbocycles. The van der Waals surface area contributed by atoms with Crippen LogP contribution in [0.4, 0.5) is 0 Å². The van der Waals surface area contributed by atoms with E-state index >= 15 is 0 Å². The molecule has 0 spiro atoms. The zero-order valence-corrected chi connectivity index (χ0v) is 21.0. The number of carbonyl (C=O) groups excluding carboxylic acids is 2.